The summed E-state index contributed by atoms with van der Waals surface area (Å²) in [6.07, 6.45) is 2.03. The molecule has 0 amide bonds. The number of hydrogen-bond acceptors (Lipinski definition) is 5. The highest BCUT2D eigenvalue weighted by atomic mass is 32.2. The Kier molecular flexibility index (Phi) is 4.86. The first-order valence-corrected chi connectivity index (χ1v) is 6.79. The molecule has 0 aliphatic rings. The zero-order chi connectivity index (χ0) is 12.9. The number of aromatic nitrogens is 1. The molecular weight excluding hydrogens is 242 g/mol. The number of nitrogens with two attached hydrogens (primary N) is 1. The van der Waals surface area contributed by atoms with Gasteiger partial charge in [-0.05, 0) is 12.5 Å². The Morgan fingerprint density at radius 2 is 2.18 bits per heavy atom. The fourth-order valence-electron chi connectivity index (χ4n) is 1.45. The zero-order valence-electron chi connectivity index (χ0n) is 9.70. The van der Waals surface area contributed by atoms with Gasteiger partial charge < -0.3 is 10.8 Å². The van der Waals surface area contributed by atoms with Gasteiger partial charge in [0.05, 0.1) is 11.5 Å². The zero-order valence-corrected chi connectivity index (χ0v) is 10.5. The molecule has 17 heavy (non-hydrogen) atoms. The van der Waals surface area contributed by atoms with Crippen LogP contribution in [0.15, 0.2) is 23.2 Å². The molecule has 0 aromatic carbocycles. The van der Waals surface area contributed by atoms with Gasteiger partial charge >= 0.3 is 0 Å². The Balaban J connectivity index is 3.07. The van der Waals surface area contributed by atoms with E-state index in [0.717, 1.165) is 0 Å². The van der Waals surface area contributed by atoms with Crippen molar-refractivity contribution in [1.82, 2.24) is 9.29 Å². The molecule has 6 nitrogen and oxygen atoms in total. The molecule has 1 aromatic heterocycles. The van der Waals surface area contributed by atoms with Gasteiger partial charge in [0.15, 0.2) is 0 Å². The molecule has 1 aromatic rings. The summed E-state index contributed by atoms with van der Waals surface area (Å²) in [4.78, 5) is 3.85. The van der Waals surface area contributed by atoms with Gasteiger partial charge in [-0.1, -0.05) is 6.92 Å². The number of aliphatic hydroxyl groups is 1. The number of anilines is 1. The van der Waals surface area contributed by atoms with Crippen molar-refractivity contribution in [3.8, 4) is 0 Å². The average molecular weight is 259 g/mol. The predicted molar refractivity (Wildman–Crippen MR) is 64.8 cm³/mol. The number of pyridine rings is 1. The van der Waals surface area contributed by atoms with Crippen LogP contribution in [0.3, 0.4) is 0 Å². The van der Waals surface area contributed by atoms with Crippen LogP contribution in [0.1, 0.15) is 13.3 Å². The van der Waals surface area contributed by atoms with E-state index in [1.807, 2.05) is 6.92 Å². The second kappa shape index (κ2) is 5.95. The molecule has 3 N–H and O–H groups in total. The van der Waals surface area contributed by atoms with Crippen LogP contribution >= 0.6 is 0 Å². The molecule has 0 saturated carbocycles. The van der Waals surface area contributed by atoms with E-state index in [-0.39, 0.29) is 23.9 Å². The summed E-state index contributed by atoms with van der Waals surface area (Å²) in [6.45, 7) is 2.12. The minimum Gasteiger partial charge on any atom is -0.395 e. The Morgan fingerprint density at radius 3 is 2.71 bits per heavy atom. The molecule has 1 heterocycles. The van der Waals surface area contributed by atoms with Gasteiger partial charge in [0, 0.05) is 25.4 Å². The highest BCUT2D eigenvalue weighted by Gasteiger charge is 2.23. The molecule has 0 saturated heterocycles. The second-order valence-corrected chi connectivity index (χ2v) is 5.48. The van der Waals surface area contributed by atoms with Gasteiger partial charge in [-0.25, -0.2) is 13.4 Å². The molecule has 0 radical (unpaired) electrons. The monoisotopic (exact) mass is 259 g/mol. The van der Waals surface area contributed by atoms with Crippen molar-refractivity contribution in [2.24, 2.45) is 0 Å². The first kappa shape index (κ1) is 13.9. The average Bonchev–Trinajstić information content (AvgIpc) is 2.29. The maximum Gasteiger partial charge on any atom is 0.243 e. The lowest BCUT2D eigenvalue weighted by Gasteiger charge is -2.20. The number of nitrogens with zero attached hydrogens (tertiary/aromatic N) is 2. The smallest absolute Gasteiger partial charge is 0.243 e. The van der Waals surface area contributed by atoms with E-state index in [1.54, 1.807) is 0 Å². The molecule has 1 rings (SSSR count). The SMILES string of the molecule is CCCN(CCO)S(=O)(=O)c1ccnc(N)c1. The van der Waals surface area contributed by atoms with Crippen LogP contribution in [0, 0.1) is 0 Å². The van der Waals surface area contributed by atoms with E-state index >= 15 is 0 Å². The minimum atomic E-state index is -3.59. The van der Waals surface area contributed by atoms with Crippen molar-refractivity contribution in [3.05, 3.63) is 18.3 Å². The molecule has 0 spiro atoms. The fourth-order valence-corrected chi connectivity index (χ4v) is 3.00. The van der Waals surface area contributed by atoms with Crippen LogP contribution < -0.4 is 5.73 Å². The van der Waals surface area contributed by atoms with Crippen molar-refractivity contribution >= 4 is 15.8 Å². The Labute approximate surface area is 101 Å². The first-order valence-electron chi connectivity index (χ1n) is 5.35. The van der Waals surface area contributed by atoms with E-state index in [0.29, 0.717) is 13.0 Å². The summed E-state index contributed by atoms with van der Waals surface area (Å²) in [6, 6.07) is 2.71. The molecule has 0 aliphatic carbocycles. The normalized spacial score (nSPS) is 11.9. The number of aliphatic hydroxyl groups excluding tert-OH is 1. The predicted octanol–water partition coefficient (Wildman–Crippen LogP) is 0.0568. The molecule has 0 unspecified atom stereocenters. The van der Waals surface area contributed by atoms with Gasteiger partial charge in [-0.3, -0.25) is 0 Å². The van der Waals surface area contributed by atoms with Crippen LogP contribution in [0.5, 0.6) is 0 Å². The Hall–Kier alpha value is -1.18. The van der Waals surface area contributed by atoms with Crippen molar-refractivity contribution in [2.45, 2.75) is 18.2 Å². The second-order valence-electron chi connectivity index (χ2n) is 3.54. The molecule has 96 valence electrons. The van der Waals surface area contributed by atoms with E-state index < -0.39 is 10.0 Å². The minimum absolute atomic E-state index is 0.0817. The topological polar surface area (TPSA) is 96.5 Å². The van der Waals surface area contributed by atoms with E-state index in [1.165, 1.54) is 22.6 Å². The van der Waals surface area contributed by atoms with E-state index in [9.17, 15) is 8.42 Å². The van der Waals surface area contributed by atoms with Gasteiger partial charge in [-0.2, -0.15) is 4.31 Å². The van der Waals surface area contributed by atoms with Crippen molar-refractivity contribution in [2.75, 3.05) is 25.4 Å². The van der Waals surface area contributed by atoms with E-state index in [2.05, 4.69) is 4.98 Å². The van der Waals surface area contributed by atoms with Crippen LogP contribution in [0.4, 0.5) is 5.82 Å². The summed E-state index contributed by atoms with van der Waals surface area (Å²) in [5, 5.41) is 8.88. The first-order chi connectivity index (χ1) is 8.02. The number of nitrogen functional groups attached to an aromatic ring is 1. The van der Waals surface area contributed by atoms with Gasteiger partial charge in [0.25, 0.3) is 0 Å². The molecule has 0 atom stereocenters. The highest BCUT2D eigenvalue weighted by Crippen LogP contribution is 2.16. The van der Waals surface area contributed by atoms with Gasteiger partial charge in [-0.15, -0.1) is 0 Å². The number of hydrogen-bond donors (Lipinski definition) is 2. The Bertz CT molecular complexity index is 456. The Morgan fingerprint density at radius 1 is 1.47 bits per heavy atom. The van der Waals surface area contributed by atoms with Crippen molar-refractivity contribution in [1.29, 1.82) is 0 Å². The van der Waals surface area contributed by atoms with Crippen molar-refractivity contribution < 1.29 is 13.5 Å². The third kappa shape index (κ3) is 3.39. The largest absolute Gasteiger partial charge is 0.395 e. The summed E-state index contributed by atoms with van der Waals surface area (Å²) < 4.78 is 25.6. The summed E-state index contributed by atoms with van der Waals surface area (Å²) >= 11 is 0. The molecule has 0 bridgehead atoms. The summed E-state index contributed by atoms with van der Waals surface area (Å²) in [7, 11) is -3.59. The highest BCUT2D eigenvalue weighted by molar-refractivity contribution is 7.89. The number of sulfonamides is 1. The van der Waals surface area contributed by atoms with Crippen LogP contribution in [-0.2, 0) is 10.0 Å². The van der Waals surface area contributed by atoms with Gasteiger partial charge in [0.2, 0.25) is 10.0 Å². The maximum absolute atomic E-state index is 12.2. The van der Waals surface area contributed by atoms with Crippen LogP contribution in [-0.4, -0.2) is 42.5 Å². The van der Waals surface area contributed by atoms with Crippen LogP contribution in [0.2, 0.25) is 0 Å². The molecule has 7 heteroatoms. The quantitative estimate of drug-likeness (QED) is 0.753. The molecule has 0 aliphatic heterocycles. The molecular formula is C10H17N3O3S. The lowest BCUT2D eigenvalue weighted by molar-refractivity contribution is 0.253. The van der Waals surface area contributed by atoms with Crippen LogP contribution in [0.25, 0.3) is 0 Å². The summed E-state index contributed by atoms with van der Waals surface area (Å²) in [5.41, 5.74) is 5.46. The fraction of sp³-hybridized carbons (Fsp3) is 0.500. The third-order valence-corrected chi connectivity index (χ3v) is 4.11. The molecule has 0 fully saturated rings. The van der Waals surface area contributed by atoms with Gasteiger partial charge in [0.1, 0.15) is 5.82 Å². The lowest BCUT2D eigenvalue weighted by atomic mass is 10.5. The van der Waals surface area contributed by atoms with E-state index in [4.69, 9.17) is 10.8 Å². The standard InChI is InChI=1S/C10H17N3O3S/c1-2-5-13(6-7-14)17(15,16)9-3-4-12-10(11)8-9/h3-4,8,14H,2,5-7H2,1H3,(H2,11,12). The third-order valence-electron chi connectivity index (χ3n) is 2.21. The lowest BCUT2D eigenvalue weighted by Crippen LogP contribution is -2.34. The van der Waals surface area contributed by atoms with Crippen molar-refractivity contribution in [3.63, 3.8) is 0 Å². The number of rotatable bonds is 6. The summed E-state index contributed by atoms with van der Waals surface area (Å²) in [5.74, 6) is 0.159. The maximum atomic E-state index is 12.2.